The third kappa shape index (κ3) is 9.74. The monoisotopic (exact) mass is 538 g/mol. The Morgan fingerprint density at radius 1 is 1.00 bits per heavy atom. The molecule has 0 fully saturated rings. The maximum atomic E-state index is 14.0. The Morgan fingerprint density at radius 2 is 1.67 bits per heavy atom. The predicted molar refractivity (Wildman–Crippen MR) is 151 cm³/mol. The quantitative estimate of drug-likeness (QED) is 0.375. The van der Waals surface area contributed by atoms with Crippen molar-refractivity contribution in [1.82, 2.24) is 15.5 Å². The molecule has 2 rings (SSSR count). The number of nitrogens with one attached hydrogen (secondary N) is 2. The van der Waals surface area contributed by atoms with Crippen molar-refractivity contribution in [3.8, 4) is 0 Å². The van der Waals surface area contributed by atoms with Gasteiger partial charge in [-0.1, -0.05) is 61.9 Å². The minimum atomic E-state index is -1.30. The normalized spacial score (nSPS) is 12.7. The number of primary amides is 1. The highest BCUT2D eigenvalue weighted by molar-refractivity contribution is 5.94. The van der Waals surface area contributed by atoms with Crippen LogP contribution in [0.1, 0.15) is 75.3 Å². The third-order valence-electron chi connectivity index (χ3n) is 6.24. The molecule has 4 N–H and O–H groups in total. The van der Waals surface area contributed by atoms with Gasteiger partial charge in [0, 0.05) is 13.1 Å². The highest BCUT2D eigenvalue weighted by Crippen LogP contribution is 2.28. The highest BCUT2D eigenvalue weighted by atomic mass is 16.6. The zero-order valence-electron chi connectivity index (χ0n) is 23.9. The van der Waals surface area contributed by atoms with E-state index < -0.39 is 42.0 Å². The second-order valence-corrected chi connectivity index (χ2v) is 10.6. The number of aryl methyl sites for hydroxylation is 1. The Labute approximate surface area is 231 Å². The van der Waals surface area contributed by atoms with Gasteiger partial charge >= 0.3 is 6.09 Å². The number of amides is 4. The third-order valence-corrected chi connectivity index (χ3v) is 6.24. The number of nitrogens with zero attached hydrogens (tertiary/aromatic N) is 1. The lowest BCUT2D eigenvalue weighted by atomic mass is 9.94. The van der Waals surface area contributed by atoms with Gasteiger partial charge in [0.2, 0.25) is 17.7 Å². The fourth-order valence-electron chi connectivity index (χ4n) is 4.15. The van der Waals surface area contributed by atoms with Crippen molar-refractivity contribution in [1.29, 1.82) is 0 Å². The van der Waals surface area contributed by atoms with Gasteiger partial charge in [0.1, 0.15) is 17.7 Å². The molecule has 0 aliphatic rings. The highest BCUT2D eigenvalue weighted by Gasteiger charge is 2.37. The zero-order valence-corrected chi connectivity index (χ0v) is 23.9. The first-order valence-electron chi connectivity index (χ1n) is 13.3. The van der Waals surface area contributed by atoms with Crippen molar-refractivity contribution in [3.05, 3.63) is 70.8 Å². The molecule has 2 aromatic rings. The lowest BCUT2D eigenvalue weighted by Crippen LogP contribution is -2.54. The summed E-state index contributed by atoms with van der Waals surface area (Å²) in [6.07, 6.45) is 0.0737. The van der Waals surface area contributed by atoms with Crippen LogP contribution in [-0.2, 0) is 25.7 Å². The number of ether oxygens (including phenoxy) is 1. The summed E-state index contributed by atoms with van der Waals surface area (Å²) in [5.74, 6) is -1.72. The number of hydrogen-bond donors (Lipinski definition) is 3. The van der Waals surface area contributed by atoms with E-state index in [1.807, 2.05) is 69.3 Å². The van der Waals surface area contributed by atoms with Crippen molar-refractivity contribution >= 4 is 23.8 Å². The van der Waals surface area contributed by atoms with Crippen LogP contribution < -0.4 is 16.4 Å². The Balaban J connectivity index is 2.52. The number of rotatable bonds is 12. The van der Waals surface area contributed by atoms with Crippen molar-refractivity contribution in [2.24, 2.45) is 5.73 Å². The van der Waals surface area contributed by atoms with E-state index >= 15 is 0 Å². The first-order valence-corrected chi connectivity index (χ1v) is 13.3. The molecule has 0 aliphatic carbocycles. The maximum absolute atomic E-state index is 14.0. The molecular formula is C30H42N4O5. The molecule has 2 unspecified atom stereocenters. The number of benzene rings is 2. The molecule has 0 aromatic heterocycles. The summed E-state index contributed by atoms with van der Waals surface area (Å²) in [5.41, 5.74) is 8.06. The number of unbranched alkanes of at least 4 members (excludes halogenated alkanes) is 1. The predicted octanol–water partition coefficient (Wildman–Crippen LogP) is 4.06. The fraction of sp³-hybridized carbons (Fsp3) is 0.467. The largest absolute Gasteiger partial charge is 0.444 e. The Morgan fingerprint density at radius 3 is 2.26 bits per heavy atom. The number of nitrogens with two attached hydrogens (primary N) is 1. The molecule has 0 radical (unpaired) electrons. The van der Waals surface area contributed by atoms with E-state index in [-0.39, 0.29) is 19.0 Å². The molecule has 9 nitrogen and oxygen atoms in total. The zero-order chi connectivity index (χ0) is 29.2. The van der Waals surface area contributed by atoms with Crippen molar-refractivity contribution in [2.45, 2.75) is 85.0 Å². The van der Waals surface area contributed by atoms with E-state index in [4.69, 9.17) is 10.5 Å². The van der Waals surface area contributed by atoms with Gasteiger partial charge in [0.25, 0.3) is 0 Å². The number of hydrogen-bond acceptors (Lipinski definition) is 5. The van der Waals surface area contributed by atoms with Crippen molar-refractivity contribution in [2.75, 3.05) is 6.54 Å². The molecule has 212 valence electrons. The van der Waals surface area contributed by atoms with Crippen LogP contribution in [0, 0.1) is 13.8 Å². The summed E-state index contributed by atoms with van der Waals surface area (Å²) in [6.45, 7) is 11.4. The summed E-state index contributed by atoms with van der Waals surface area (Å²) < 4.78 is 5.32. The van der Waals surface area contributed by atoms with Gasteiger partial charge in [0.05, 0.1) is 6.42 Å². The minimum absolute atomic E-state index is 0.234. The molecule has 9 heteroatoms. The van der Waals surface area contributed by atoms with Crippen molar-refractivity contribution < 1.29 is 23.9 Å². The summed E-state index contributed by atoms with van der Waals surface area (Å²) in [4.78, 5) is 53.8. The van der Waals surface area contributed by atoms with E-state index in [1.165, 1.54) is 4.90 Å². The lowest BCUT2D eigenvalue weighted by Gasteiger charge is -2.35. The lowest BCUT2D eigenvalue weighted by molar-refractivity contribution is -0.143. The SMILES string of the molecule is CCCCN(C(=O)C(CC(N)=O)NC(=O)OC(C)(C)C)C(C(=O)NCc1ccccc1)c1cccc(C)c1C. The van der Waals surface area contributed by atoms with Crippen LogP contribution in [0.2, 0.25) is 0 Å². The molecule has 4 amide bonds. The van der Waals surface area contributed by atoms with E-state index in [0.717, 1.165) is 23.1 Å². The molecular weight excluding hydrogens is 496 g/mol. The van der Waals surface area contributed by atoms with E-state index in [0.29, 0.717) is 12.0 Å². The van der Waals surface area contributed by atoms with Crippen LogP contribution in [0.5, 0.6) is 0 Å². The van der Waals surface area contributed by atoms with Crippen LogP contribution in [0.15, 0.2) is 48.5 Å². The molecule has 0 saturated carbocycles. The van der Waals surface area contributed by atoms with Gasteiger partial charge in [0.15, 0.2) is 0 Å². The van der Waals surface area contributed by atoms with Crippen molar-refractivity contribution in [3.63, 3.8) is 0 Å². The molecule has 0 bridgehead atoms. The van der Waals surface area contributed by atoms with E-state index in [9.17, 15) is 19.2 Å². The molecule has 0 saturated heterocycles. The first-order chi connectivity index (χ1) is 18.3. The van der Waals surface area contributed by atoms with Gasteiger partial charge in [-0.25, -0.2) is 4.79 Å². The smallest absolute Gasteiger partial charge is 0.408 e. The average molecular weight is 539 g/mol. The van der Waals surface area contributed by atoms with Gasteiger partial charge in [-0.2, -0.15) is 0 Å². The van der Waals surface area contributed by atoms with Gasteiger partial charge < -0.3 is 26.0 Å². The standard InChI is InChI=1S/C30H42N4O5/c1-7-8-17-34(28(37)24(18-25(31)35)33-29(38)39-30(4,5)6)26(23-16-12-13-20(2)21(23)3)27(36)32-19-22-14-10-9-11-15-22/h9-16,24,26H,7-8,17-19H2,1-6H3,(H2,31,35)(H,32,36)(H,33,38). The Kier molecular flexibility index (Phi) is 11.5. The molecule has 2 aromatic carbocycles. The summed E-state index contributed by atoms with van der Waals surface area (Å²) in [7, 11) is 0. The Hall–Kier alpha value is -3.88. The van der Waals surface area contributed by atoms with Crippen LogP contribution in [-0.4, -0.2) is 46.9 Å². The average Bonchev–Trinajstić information content (AvgIpc) is 2.85. The van der Waals surface area contributed by atoms with Crippen LogP contribution in [0.25, 0.3) is 0 Å². The summed E-state index contributed by atoms with van der Waals surface area (Å²) >= 11 is 0. The number of alkyl carbamates (subject to hydrolysis) is 1. The van der Waals surface area contributed by atoms with Gasteiger partial charge in [-0.3, -0.25) is 14.4 Å². The topological polar surface area (TPSA) is 131 Å². The van der Waals surface area contributed by atoms with E-state index in [2.05, 4.69) is 10.6 Å². The molecule has 39 heavy (non-hydrogen) atoms. The molecule has 0 spiro atoms. The van der Waals surface area contributed by atoms with E-state index in [1.54, 1.807) is 20.8 Å². The second kappa shape index (κ2) is 14.3. The summed E-state index contributed by atoms with van der Waals surface area (Å²) in [5, 5.41) is 5.48. The Bertz CT molecular complexity index is 1140. The second-order valence-electron chi connectivity index (χ2n) is 10.6. The fourth-order valence-corrected chi connectivity index (χ4v) is 4.15. The number of carbonyl (C=O) groups is 4. The first kappa shape index (κ1) is 31.3. The molecule has 0 heterocycles. The maximum Gasteiger partial charge on any atom is 0.408 e. The molecule has 2 atom stereocenters. The van der Waals surface area contributed by atoms with Crippen LogP contribution >= 0.6 is 0 Å². The van der Waals surface area contributed by atoms with Crippen LogP contribution in [0.3, 0.4) is 0 Å². The summed E-state index contributed by atoms with van der Waals surface area (Å²) in [6, 6.07) is 12.8. The van der Waals surface area contributed by atoms with Crippen LogP contribution in [0.4, 0.5) is 4.79 Å². The van der Waals surface area contributed by atoms with Gasteiger partial charge in [-0.15, -0.1) is 0 Å². The molecule has 0 aliphatic heterocycles. The van der Waals surface area contributed by atoms with Gasteiger partial charge in [-0.05, 0) is 63.3 Å². The minimum Gasteiger partial charge on any atom is -0.444 e. The number of carbonyl (C=O) groups excluding carboxylic acids is 4.